The molecule has 20 heterocycles. The summed E-state index contributed by atoms with van der Waals surface area (Å²) in [5.41, 5.74) is 31.2. The SMILES string of the molecule is C.C.CI.Cc1ccncc1-c1cnc2c(c1)c(-c1nc3ccncc3[nH]1)nn2C1CCCCO1.Cc1ccncc1-c1cnc2c(c1)c(C=O)nn2C1CCCCO1.Cc1ccncc1-c1cnc2n[nH]c(-c3nc4ccncc4[nH]3)c2c1.Cc1ccncc1B(O)O.Nc1ccncc1N.O=Cc1nn(C2CCCCO2)c2ncc(Br)cc12. The molecule has 0 amide bonds. The number of aromatic amines is 3. The predicted octanol–water partition coefficient (Wildman–Crippen LogP) is 15.4. The number of pyridine rings is 11. The fourth-order valence-electron chi connectivity index (χ4n) is 13.7. The minimum atomic E-state index is -1.41. The number of H-pyrrole nitrogens is 3. The number of aromatic nitrogens is 23. The predicted molar refractivity (Wildman–Crippen MR) is 476 cm³/mol. The number of hydrogen-bond donors (Lipinski definition) is 7. The van der Waals surface area contributed by atoms with Crippen molar-refractivity contribution in [2.45, 2.75) is 119 Å². The highest BCUT2D eigenvalue weighted by molar-refractivity contribution is 14.1. The van der Waals surface area contributed by atoms with Gasteiger partial charge in [-0.3, -0.25) is 49.6 Å². The molecule has 120 heavy (non-hydrogen) atoms. The molecular weight excluding hydrogens is 1700 g/mol. The Morgan fingerprint density at radius 2 is 0.892 bits per heavy atom. The number of halogens is 2. The summed E-state index contributed by atoms with van der Waals surface area (Å²) < 4.78 is 23.7. The zero-order chi connectivity index (χ0) is 82.2. The van der Waals surface area contributed by atoms with Crippen molar-refractivity contribution in [3.8, 4) is 56.4 Å². The fraction of sp³-hybridized carbons (Fsp3) is 0.259. The molecule has 3 atom stereocenters. The van der Waals surface area contributed by atoms with Crippen LogP contribution in [0.15, 0.2) is 183 Å². The minimum Gasteiger partial charge on any atom is -0.423 e. The summed E-state index contributed by atoms with van der Waals surface area (Å²) in [4.78, 5) is 87.2. The zero-order valence-electron chi connectivity index (χ0n) is 65.0. The highest BCUT2D eigenvalue weighted by atomic mass is 127. The Labute approximate surface area is 712 Å². The van der Waals surface area contributed by atoms with E-state index in [1.807, 2.05) is 96.2 Å². The Hall–Kier alpha value is -12.5. The van der Waals surface area contributed by atoms with Crippen molar-refractivity contribution >= 4 is 141 Å². The Kier molecular flexibility index (Phi) is 29.5. The van der Waals surface area contributed by atoms with Gasteiger partial charge in [0.1, 0.15) is 22.8 Å². The van der Waals surface area contributed by atoms with E-state index in [0.29, 0.717) is 56.8 Å². The average molecular weight is 1790 g/mol. The quantitative estimate of drug-likeness (QED) is 0.0274. The van der Waals surface area contributed by atoms with Gasteiger partial charge in [0.15, 0.2) is 65.5 Å². The number of nitrogens with zero attached hydrogens (tertiary/aromatic N) is 20. The zero-order valence-corrected chi connectivity index (χ0v) is 68.7. The van der Waals surface area contributed by atoms with Crippen LogP contribution in [0.5, 0.6) is 0 Å². The first-order valence-electron chi connectivity index (χ1n) is 38.0. The van der Waals surface area contributed by atoms with Gasteiger partial charge in [0.25, 0.3) is 0 Å². The van der Waals surface area contributed by atoms with E-state index in [1.165, 1.54) is 12.4 Å². The first kappa shape index (κ1) is 86.8. The second-order valence-electron chi connectivity index (χ2n) is 27.7. The van der Waals surface area contributed by atoms with E-state index in [0.717, 1.165) is 211 Å². The first-order valence-corrected chi connectivity index (χ1v) is 40.9. The molecule has 3 unspecified atom stereocenters. The molecule has 0 radical (unpaired) electrons. The van der Waals surface area contributed by atoms with E-state index in [4.69, 9.17) is 50.8 Å². The summed E-state index contributed by atoms with van der Waals surface area (Å²) in [6.45, 7) is 10.2. The van der Waals surface area contributed by atoms with Crippen LogP contribution in [-0.4, -0.2) is 169 Å². The number of alkyl halides is 1. The highest BCUT2D eigenvalue weighted by Crippen LogP contribution is 2.37. The van der Waals surface area contributed by atoms with E-state index in [1.54, 1.807) is 90.4 Å². The summed E-state index contributed by atoms with van der Waals surface area (Å²) in [6.07, 6.45) is 41.7. The topological polar surface area (TPSA) is 436 Å². The largest absolute Gasteiger partial charge is 0.490 e. The molecule has 0 aromatic carbocycles. The van der Waals surface area contributed by atoms with Gasteiger partial charge >= 0.3 is 7.12 Å². The van der Waals surface area contributed by atoms with Gasteiger partial charge in [-0.2, -0.15) is 20.4 Å². The molecular formula is C85H90BBrIN25O7. The molecule has 9 N–H and O–H groups in total. The Balaban J connectivity index is 0.000000137. The summed E-state index contributed by atoms with van der Waals surface area (Å²) in [5, 5.41) is 41.8. The molecule has 3 aliphatic rings. The lowest BCUT2D eigenvalue weighted by Gasteiger charge is -2.23. The van der Waals surface area contributed by atoms with Crippen molar-refractivity contribution in [3.05, 3.63) is 216 Å². The number of rotatable bonds is 11. The van der Waals surface area contributed by atoms with Gasteiger partial charge in [0, 0.05) is 156 Å². The molecule has 32 nitrogen and oxygen atoms in total. The molecule has 3 saturated heterocycles. The molecule has 17 aromatic heterocycles. The van der Waals surface area contributed by atoms with Crippen molar-refractivity contribution in [3.63, 3.8) is 0 Å². The van der Waals surface area contributed by atoms with Crippen LogP contribution >= 0.6 is 38.5 Å². The number of nitrogens with two attached hydrogens (primary N) is 2. The molecule has 0 saturated carbocycles. The molecule has 20 rings (SSSR count). The van der Waals surface area contributed by atoms with Crippen molar-refractivity contribution < 1.29 is 33.8 Å². The molecule has 17 aromatic rings. The van der Waals surface area contributed by atoms with Crippen LogP contribution in [-0.2, 0) is 14.2 Å². The highest BCUT2D eigenvalue weighted by Gasteiger charge is 2.28. The third-order valence-corrected chi connectivity index (χ3v) is 20.3. The molecule has 35 heteroatoms. The molecule has 3 aliphatic heterocycles. The van der Waals surface area contributed by atoms with Crippen molar-refractivity contribution in [1.29, 1.82) is 0 Å². The standard InChI is InChI=1S/C23H21N7O.C18H13N7.C18H18N4O2.C12H12BrN3O2.C6H8BNO2.C5H7N3.CH3I.2CH4/c1-14-5-7-24-12-17(14)15-10-16-21(22-27-18-6-8-25-13-19(18)28-22)29-30(23(16)26-11-15)20-4-2-3-9-31-20;1-10-2-4-19-8-13(10)11-6-12-16(24-25-17(12)21-7-11)18-22-14-3-5-20-9-15(14)23-18;1-12-5-6-19-10-15(12)13-8-14-16(11-23)21-22(18(14)20-9-13)17-4-2-3-7-24-17;13-8-5-9-10(7-17)15-16(12(9)14-6-8)11-3-1-2-4-18-11;1-5-2-3-8-4-6(5)7(9)10;6-4-1-2-8-3-5(4)7;1-2;;/h5-8,10-13,20H,2-4,9H2,1H3,(H,27,28);2-9H,1H3,(H,22,23)(H,21,24,25);5-6,8-11,17H,2-4,7H2,1H3;5-7,11H,1-4H2;2-4,9-10H,1H3;1-3H,7H2,(H2,6,8);1H3;2*1H4. The first-order chi connectivity index (χ1) is 57.7. The number of carbonyl (C=O) groups excluding carboxylic acids is 2. The van der Waals surface area contributed by atoms with Crippen LogP contribution in [0, 0.1) is 27.7 Å². The van der Waals surface area contributed by atoms with Gasteiger partial charge in [0.05, 0.1) is 73.6 Å². The van der Waals surface area contributed by atoms with Gasteiger partial charge in [-0.05, 0) is 195 Å². The number of aldehydes is 2. The molecule has 614 valence electrons. The van der Waals surface area contributed by atoms with Crippen molar-refractivity contribution in [2.75, 3.05) is 36.2 Å². The number of imidazole rings is 2. The normalized spacial score (nSPS) is 14.8. The maximum absolute atomic E-state index is 11.5. The van der Waals surface area contributed by atoms with Crippen LogP contribution in [0.4, 0.5) is 11.4 Å². The lowest BCUT2D eigenvalue weighted by molar-refractivity contribution is -0.0372. The van der Waals surface area contributed by atoms with Gasteiger partial charge in [-0.25, -0.2) is 43.9 Å². The fourth-order valence-corrected chi connectivity index (χ4v) is 14.1. The Bertz CT molecular complexity index is 6250. The number of aryl methyl sites for hydroxylation is 4. The monoisotopic (exact) mass is 1790 g/mol. The van der Waals surface area contributed by atoms with Crippen LogP contribution in [0.3, 0.4) is 0 Å². The van der Waals surface area contributed by atoms with Crippen molar-refractivity contribution in [1.82, 2.24) is 114 Å². The van der Waals surface area contributed by atoms with E-state index >= 15 is 0 Å². The maximum atomic E-state index is 11.5. The molecule has 3 fully saturated rings. The smallest absolute Gasteiger partial charge is 0.423 e. The lowest BCUT2D eigenvalue weighted by atomic mass is 9.79. The van der Waals surface area contributed by atoms with Crippen LogP contribution < -0.4 is 16.9 Å². The summed E-state index contributed by atoms with van der Waals surface area (Å²) in [6, 6.07) is 21.1. The number of nitrogen functional groups attached to an aromatic ring is 2. The molecule has 0 bridgehead atoms. The van der Waals surface area contributed by atoms with Gasteiger partial charge in [-0.15, -0.1) is 0 Å². The van der Waals surface area contributed by atoms with E-state index in [-0.39, 0.29) is 33.5 Å². The summed E-state index contributed by atoms with van der Waals surface area (Å²) in [5.74, 6) is 1.41. The Morgan fingerprint density at radius 1 is 0.475 bits per heavy atom. The van der Waals surface area contributed by atoms with E-state index in [2.05, 4.69) is 150 Å². The van der Waals surface area contributed by atoms with Crippen LogP contribution in [0.25, 0.3) is 123 Å². The number of carbonyl (C=O) groups is 2. The second kappa shape index (κ2) is 40.8. The van der Waals surface area contributed by atoms with Crippen LogP contribution in [0.2, 0.25) is 0 Å². The van der Waals surface area contributed by atoms with Crippen LogP contribution in [0.1, 0.15) is 135 Å². The summed E-state index contributed by atoms with van der Waals surface area (Å²) >= 11 is 5.50. The van der Waals surface area contributed by atoms with Gasteiger partial charge in [0.2, 0.25) is 0 Å². The van der Waals surface area contributed by atoms with Crippen molar-refractivity contribution in [2.24, 2.45) is 0 Å². The number of hydrogen-bond acceptors (Lipinski definition) is 26. The maximum Gasteiger partial charge on any atom is 0.490 e. The second-order valence-corrected chi connectivity index (χ2v) is 28.6. The lowest BCUT2D eigenvalue weighted by Crippen LogP contribution is -2.32. The summed E-state index contributed by atoms with van der Waals surface area (Å²) in [7, 11) is -1.41. The Morgan fingerprint density at radius 3 is 1.34 bits per heavy atom. The average Bonchev–Trinajstić information content (AvgIpc) is 1.61. The molecule has 0 aliphatic carbocycles. The third-order valence-electron chi connectivity index (χ3n) is 19.9. The van der Waals surface area contributed by atoms with E-state index in [9.17, 15) is 9.59 Å². The van der Waals surface area contributed by atoms with Gasteiger partial charge in [-0.1, -0.05) is 37.4 Å². The third kappa shape index (κ3) is 19.7. The number of anilines is 2. The number of ether oxygens (including phenoxy) is 3. The minimum absolute atomic E-state index is 0. The van der Waals surface area contributed by atoms with E-state index < -0.39 is 7.12 Å². The molecule has 0 spiro atoms. The number of fused-ring (bicyclic) bond motifs is 6. The van der Waals surface area contributed by atoms with Gasteiger partial charge < -0.3 is 45.7 Å². The number of nitrogens with one attached hydrogen (secondary N) is 3.